The van der Waals surface area contributed by atoms with Crippen molar-refractivity contribution >= 4 is 5.78 Å². The van der Waals surface area contributed by atoms with E-state index in [1.54, 1.807) is 37.1 Å². The fourth-order valence-electron chi connectivity index (χ4n) is 2.22. The molecule has 2 aromatic rings. The molecule has 0 fully saturated rings. The number of methoxy groups -OCH3 is 2. The van der Waals surface area contributed by atoms with Crippen molar-refractivity contribution in [2.75, 3.05) is 14.2 Å². The standard InChI is InChI=1S/C15H18N2O3/c1-9-14(10(2)17(3)16-9)15(18)11-6-7-12(19-4)13(8-11)20-5/h6-8H,1-5H3. The van der Waals surface area contributed by atoms with Crippen molar-refractivity contribution in [3.05, 3.63) is 40.7 Å². The monoisotopic (exact) mass is 274 g/mol. The highest BCUT2D eigenvalue weighted by Gasteiger charge is 2.20. The summed E-state index contributed by atoms with van der Waals surface area (Å²) in [5.74, 6) is 1.08. The van der Waals surface area contributed by atoms with Gasteiger partial charge >= 0.3 is 0 Å². The van der Waals surface area contributed by atoms with Gasteiger partial charge in [0.05, 0.1) is 25.5 Å². The number of hydrogen-bond acceptors (Lipinski definition) is 4. The smallest absolute Gasteiger partial charge is 0.196 e. The van der Waals surface area contributed by atoms with Gasteiger partial charge in [-0.25, -0.2) is 0 Å². The minimum absolute atomic E-state index is 0.0611. The lowest BCUT2D eigenvalue weighted by Gasteiger charge is -2.09. The molecule has 106 valence electrons. The zero-order chi connectivity index (χ0) is 14.9. The van der Waals surface area contributed by atoms with Gasteiger partial charge in [-0.3, -0.25) is 9.48 Å². The minimum Gasteiger partial charge on any atom is -0.493 e. The Hall–Kier alpha value is -2.30. The maximum atomic E-state index is 12.6. The molecular formula is C15H18N2O3. The number of benzene rings is 1. The van der Waals surface area contributed by atoms with Gasteiger partial charge < -0.3 is 9.47 Å². The highest BCUT2D eigenvalue weighted by molar-refractivity contribution is 6.10. The zero-order valence-electron chi connectivity index (χ0n) is 12.4. The van der Waals surface area contributed by atoms with Crippen LogP contribution in [0.5, 0.6) is 11.5 Å². The fraction of sp³-hybridized carbons (Fsp3) is 0.333. The second kappa shape index (κ2) is 5.36. The molecule has 20 heavy (non-hydrogen) atoms. The van der Waals surface area contributed by atoms with E-state index in [0.29, 0.717) is 22.6 Å². The molecule has 5 nitrogen and oxygen atoms in total. The van der Waals surface area contributed by atoms with Crippen molar-refractivity contribution in [2.24, 2.45) is 7.05 Å². The van der Waals surface area contributed by atoms with Crippen LogP contribution in [0.4, 0.5) is 0 Å². The van der Waals surface area contributed by atoms with Gasteiger partial charge in [0.1, 0.15) is 0 Å². The van der Waals surface area contributed by atoms with Crippen LogP contribution in [0.2, 0.25) is 0 Å². The number of nitrogens with zero attached hydrogens (tertiary/aromatic N) is 2. The van der Waals surface area contributed by atoms with Crippen molar-refractivity contribution in [1.82, 2.24) is 9.78 Å². The van der Waals surface area contributed by atoms with E-state index < -0.39 is 0 Å². The Labute approximate surface area is 118 Å². The second-order valence-corrected chi connectivity index (χ2v) is 4.57. The summed E-state index contributed by atoms with van der Waals surface area (Å²) in [5, 5.41) is 4.27. The van der Waals surface area contributed by atoms with Gasteiger partial charge in [-0.15, -0.1) is 0 Å². The van der Waals surface area contributed by atoms with Crippen LogP contribution in [-0.2, 0) is 7.05 Å². The first-order valence-electron chi connectivity index (χ1n) is 6.26. The Bertz CT molecular complexity index is 659. The van der Waals surface area contributed by atoms with Crippen LogP contribution in [0, 0.1) is 13.8 Å². The lowest BCUT2D eigenvalue weighted by Crippen LogP contribution is -2.05. The molecule has 2 rings (SSSR count). The Kier molecular flexibility index (Phi) is 3.79. The van der Waals surface area contributed by atoms with E-state index in [0.717, 1.165) is 11.4 Å². The number of ketones is 1. The molecule has 1 heterocycles. The number of carbonyl (C=O) groups excluding carboxylic acids is 1. The van der Waals surface area contributed by atoms with Gasteiger partial charge in [-0.1, -0.05) is 0 Å². The van der Waals surface area contributed by atoms with Gasteiger partial charge in [0.15, 0.2) is 17.3 Å². The van der Waals surface area contributed by atoms with Crippen LogP contribution in [0.15, 0.2) is 18.2 Å². The van der Waals surface area contributed by atoms with E-state index in [9.17, 15) is 4.79 Å². The normalized spacial score (nSPS) is 10.4. The van der Waals surface area contributed by atoms with Crippen LogP contribution < -0.4 is 9.47 Å². The van der Waals surface area contributed by atoms with Crippen molar-refractivity contribution in [2.45, 2.75) is 13.8 Å². The molecule has 1 aromatic heterocycles. The summed E-state index contributed by atoms with van der Waals surface area (Å²) < 4.78 is 12.1. The molecular weight excluding hydrogens is 256 g/mol. The summed E-state index contributed by atoms with van der Waals surface area (Å²) in [5.41, 5.74) is 2.77. The van der Waals surface area contributed by atoms with E-state index in [4.69, 9.17) is 9.47 Å². The van der Waals surface area contributed by atoms with Crippen LogP contribution in [0.1, 0.15) is 27.3 Å². The van der Waals surface area contributed by atoms with Gasteiger partial charge in [0, 0.05) is 18.3 Å². The number of ether oxygens (including phenoxy) is 2. The van der Waals surface area contributed by atoms with Crippen LogP contribution in [0.3, 0.4) is 0 Å². The number of rotatable bonds is 4. The third-order valence-electron chi connectivity index (χ3n) is 3.38. The maximum absolute atomic E-state index is 12.6. The van der Waals surface area contributed by atoms with Crippen molar-refractivity contribution in [1.29, 1.82) is 0 Å². The number of carbonyl (C=O) groups is 1. The van der Waals surface area contributed by atoms with Gasteiger partial charge in [-0.05, 0) is 32.0 Å². The summed E-state index contributed by atoms with van der Waals surface area (Å²) in [6, 6.07) is 5.15. The van der Waals surface area contributed by atoms with Crippen LogP contribution in [-0.4, -0.2) is 29.8 Å². The molecule has 0 amide bonds. The number of hydrogen-bond donors (Lipinski definition) is 0. The van der Waals surface area contributed by atoms with E-state index in [-0.39, 0.29) is 5.78 Å². The molecule has 0 saturated heterocycles. The summed E-state index contributed by atoms with van der Waals surface area (Å²) in [6.45, 7) is 3.72. The average Bonchev–Trinajstić information content (AvgIpc) is 2.70. The van der Waals surface area contributed by atoms with Crippen LogP contribution >= 0.6 is 0 Å². The van der Waals surface area contributed by atoms with Gasteiger partial charge in [0.2, 0.25) is 0 Å². The van der Waals surface area contributed by atoms with E-state index in [1.165, 1.54) is 0 Å². The first-order valence-corrected chi connectivity index (χ1v) is 6.26. The largest absolute Gasteiger partial charge is 0.493 e. The maximum Gasteiger partial charge on any atom is 0.196 e. The van der Waals surface area contributed by atoms with Crippen LogP contribution in [0.25, 0.3) is 0 Å². The van der Waals surface area contributed by atoms with Gasteiger partial charge in [0.25, 0.3) is 0 Å². The lowest BCUT2D eigenvalue weighted by molar-refractivity contribution is 0.103. The quantitative estimate of drug-likeness (QED) is 0.803. The molecule has 0 unspecified atom stereocenters. The molecule has 5 heteroatoms. The summed E-state index contributed by atoms with van der Waals surface area (Å²) in [7, 11) is 4.94. The number of aryl methyl sites for hydroxylation is 2. The summed E-state index contributed by atoms with van der Waals surface area (Å²) in [4.78, 5) is 12.6. The molecule has 0 bridgehead atoms. The minimum atomic E-state index is -0.0611. The molecule has 0 radical (unpaired) electrons. The number of aromatic nitrogens is 2. The third kappa shape index (κ3) is 2.27. The summed E-state index contributed by atoms with van der Waals surface area (Å²) >= 11 is 0. The SMILES string of the molecule is COc1ccc(C(=O)c2c(C)nn(C)c2C)cc1OC. The highest BCUT2D eigenvalue weighted by atomic mass is 16.5. The lowest BCUT2D eigenvalue weighted by atomic mass is 10.0. The molecule has 0 N–H and O–H groups in total. The summed E-state index contributed by atoms with van der Waals surface area (Å²) in [6.07, 6.45) is 0. The molecule has 0 saturated carbocycles. The average molecular weight is 274 g/mol. The Balaban J connectivity index is 2.48. The topological polar surface area (TPSA) is 53.3 Å². The third-order valence-corrected chi connectivity index (χ3v) is 3.38. The second-order valence-electron chi connectivity index (χ2n) is 4.57. The molecule has 0 aliphatic carbocycles. The van der Waals surface area contributed by atoms with Crippen molar-refractivity contribution in [3.63, 3.8) is 0 Å². The predicted molar refractivity (Wildman–Crippen MR) is 75.7 cm³/mol. The molecule has 0 atom stereocenters. The first-order chi connectivity index (χ1) is 9.49. The van der Waals surface area contributed by atoms with E-state index >= 15 is 0 Å². The molecule has 0 aliphatic rings. The van der Waals surface area contributed by atoms with Crippen molar-refractivity contribution < 1.29 is 14.3 Å². The Morgan fingerprint density at radius 1 is 1.15 bits per heavy atom. The highest BCUT2D eigenvalue weighted by Crippen LogP contribution is 2.29. The predicted octanol–water partition coefficient (Wildman–Crippen LogP) is 2.29. The Morgan fingerprint density at radius 3 is 2.30 bits per heavy atom. The van der Waals surface area contributed by atoms with Gasteiger partial charge in [-0.2, -0.15) is 5.10 Å². The Morgan fingerprint density at radius 2 is 1.80 bits per heavy atom. The first kappa shape index (κ1) is 14.1. The fourth-order valence-corrected chi connectivity index (χ4v) is 2.22. The van der Waals surface area contributed by atoms with Crippen molar-refractivity contribution in [3.8, 4) is 11.5 Å². The molecule has 0 aliphatic heterocycles. The zero-order valence-corrected chi connectivity index (χ0v) is 12.4. The molecule has 0 spiro atoms. The molecule has 1 aromatic carbocycles. The van der Waals surface area contributed by atoms with E-state index in [2.05, 4.69) is 5.10 Å². The van der Waals surface area contributed by atoms with E-state index in [1.807, 2.05) is 20.9 Å².